The molecule has 0 heterocycles. The Balaban J connectivity index is 1.79. The minimum atomic E-state index is -0.147. The van der Waals surface area contributed by atoms with Crippen molar-refractivity contribution in [3.8, 4) is 17.2 Å². The Labute approximate surface area is 170 Å². The number of carbonyl (C=O) groups excluding carboxylic acids is 1. The van der Waals surface area contributed by atoms with Crippen LogP contribution in [0.1, 0.15) is 25.0 Å². The lowest BCUT2D eigenvalue weighted by atomic mass is 10.2. The Kier molecular flexibility index (Phi) is 9.21. The van der Waals surface area contributed by atoms with Crippen molar-refractivity contribution in [1.82, 2.24) is 5.43 Å². The molecule has 2 aromatic rings. The number of hydrogen-bond acceptors (Lipinski definition) is 6. The fourth-order valence-electron chi connectivity index (χ4n) is 2.34. The molecule has 0 spiro atoms. The molecule has 2 aromatic carbocycles. The monoisotopic (exact) mass is 402 g/mol. The molecule has 28 heavy (non-hydrogen) atoms. The van der Waals surface area contributed by atoms with Gasteiger partial charge in [-0.3, -0.25) is 4.79 Å². The Hall–Kier alpha value is -2.67. The molecule has 0 aliphatic heterocycles. The molecule has 0 bridgehead atoms. The van der Waals surface area contributed by atoms with E-state index in [2.05, 4.69) is 10.5 Å². The van der Waals surface area contributed by atoms with Crippen molar-refractivity contribution in [2.75, 3.05) is 26.1 Å². The van der Waals surface area contributed by atoms with Gasteiger partial charge in [-0.2, -0.15) is 5.10 Å². The van der Waals surface area contributed by atoms with Gasteiger partial charge in [0.2, 0.25) is 5.91 Å². The van der Waals surface area contributed by atoms with Crippen LogP contribution in [0.4, 0.5) is 0 Å². The molecule has 0 unspecified atom stereocenters. The van der Waals surface area contributed by atoms with Gasteiger partial charge in [-0.05, 0) is 55.3 Å². The second kappa shape index (κ2) is 11.9. The van der Waals surface area contributed by atoms with Crippen LogP contribution >= 0.6 is 11.8 Å². The molecule has 0 aliphatic rings. The fraction of sp³-hybridized carbons (Fsp3) is 0.333. The topological polar surface area (TPSA) is 69.2 Å². The molecule has 0 fully saturated rings. The van der Waals surface area contributed by atoms with Crippen LogP contribution in [-0.2, 0) is 10.5 Å². The standard InChI is InChI=1S/C21H26N2O4S/c1-4-26-19-11-8-17(12-20(19)27-5-2)13-22-23-21(24)15-28-14-16-6-9-18(25-3)10-7-16/h6-13H,4-5,14-15H2,1-3H3,(H,23,24)/b22-13-. The first-order chi connectivity index (χ1) is 13.7. The van der Waals surface area contributed by atoms with Crippen molar-refractivity contribution in [2.45, 2.75) is 19.6 Å². The van der Waals surface area contributed by atoms with Gasteiger partial charge >= 0.3 is 0 Å². The van der Waals surface area contributed by atoms with Crippen molar-refractivity contribution in [3.63, 3.8) is 0 Å². The van der Waals surface area contributed by atoms with E-state index >= 15 is 0 Å². The maximum Gasteiger partial charge on any atom is 0.250 e. The number of hydrazone groups is 1. The van der Waals surface area contributed by atoms with Gasteiger partial charge in [0.15, 0.2) is 11.5 Å². The predicted molar refractivity (Wildman–Crippen MR) is 114 cm³/mol. The number of nitrogens with one attached hydrogen (secondary N) is 1. The lowest BCUT2D eigenvalue weighted by molar-refractivity contribution is -0.118. The zero-order valence-electron chi connectivity index (χ0n) is 16.4. The molecule has 0 saturated heterocycles. The highest BCUT2D eigenvalue weighted by atomic mass is 32.2. The molecule has 0 atom stereocenters. The number of benzene rings is 2. The Morgan fingerprint density at radius 1 is 1.07 bits per heavy atom. The van der Waals surface area contributed by atoms with E-state index in [1.807, 2.05) is 56.3 Å². The summed E-state index contributed by atoms with van der Waals surface area (Å²) in [4.78, 5) is 11.9. The summed E-state index contributed by atoms with van der Waals surface area (Å²) in [5, 5.41) is 4.02. The predicted octanol–water partition coefficient (Wildman–Crippen LogP) is 3.88. The highest BCUT2D eigenvalue weighted by Gasteiger charge is 2.05. The molecule has 0 aliphatic carbocycles. The van der Waals surface area contributed by atoms with Gasteiger partial charge in [-0.25, -0.2) is 5.43 Å². The van der Waals surface area contributed by atoms with E-state index in [1.165, 1.54) is 11.8 Å². The summed E-state index contributed by atoms with van der Waals surface area (Å²) in [6.07, 6.45) is 1.59. The lowest BCUT2D eigenvalue weighted by Gasteiger charge is -2.11. The zero-order chi connectivity index (χ0) is 20.2. The van der Waals surface area contributed by atoms with Crippen molar-refractivity contribution < 1.29 is 19.0 Å². The Morgan fingerprint density at radius 3 is 2.46 bits per heavy atom. The summed E-state index contributed by atoms with van der Waals surface area (Å²) in [5.41, 5.74) is 4.50. The van der Waals surface area contributed by atoms with Gasteiger partial charge in [0.1, 0.15) is 5.75 Å². The van der Waals surface area contributed by atoms with E-state index in [4.69, 9.17) is 14.2 Å². The first kappa shape index (κ1) is 21.6. The molecule has 1 amide bonds. The minimum Gasteiger partial charge on any atom is -0.497 e. The quantitative estimate of drug-likeness (QED) is 0.456. The normalized spacial score (nSPS) is 10.7. The number of thioether (sulfide) groups is 1. The van der Waals surface area contributed by atoms with E-state index in [1.54, 1.807) is 13.3 Å². The van der Waals surface area contributed by atoms with Crippen LogP contribution in [0.2, 0.25) is 0 Å². The van der Waals surface area contributed by atoms with Crippen LogP contribution < -0.4 is 19.6 Å². The van der Waals surface area contributed by atoms with Gasteiger partial charge in [0, 0.05) is 5.75 Å². The molecule has 7 heteroatoms. The number of hydrogen-bond donors (Lipinski definition) is 1. The minimum absolute atomic E-state index is 0.147. The van der Waals surface area contributed by atoms with Crippen molar-refractivity contribution in [2.24, 2.45) is 5.10 Å². The van der Waals surface area contributed by atoms with Gasteiger partial charge in [-0.1, -0.05) is 12.1 Å². The van der Waals surface area contributed by atoms with Gasteiger partial charge in [0.05, 0.1) is 32.3 Å². The molecule has 0 radical (unpaired) electrons. The summed E-state index contributed by atoms with van der Waals surface area (Å²) in [6.45, 7) is 4.95. The SMILES string of the molecule is CCOc1ccc(/C=N\NC(=O)CSCc2ccc(OC)cc2)cc1OCC. The second-order valence-corrected chi connectivity index (χ2v) is 6.69. The largest absolute Gasteiger partial charge is 0.497 e. The van der Waals surface area contributed by atoms with Crippen LogP contribution in [0, 0.1) is 0 Å². The average Bonchev–Trinajstić information content (AvgIpc) is 2.71. The van der Waals surface area contributed by atoms with Crippen LogP contribution in [0.5, 0.6) is 17.2 Å². The zero-order valence-corrected chi connectivity index (χ0v) is 17.3. The molecule has 150 valence electrons. The summed E-state index contributed by atoms with van der Waals surface area (Å²) >= 11 is 1.53. The molecule has 6 nitrogen and oxygen atoms in total. The van der Waals surface area contributed by atoms with Crippen LogP contribution in [0.15, 0.2) is 47.6 Å². The van der Waals surface area contributed by atoms with Crippen LogP contribution in [-0.4, -0.2) is 38.2 Å². The summed E-state index contributed by atoms with van der Waals surface area (Å²) in [7, 11) is 1.64. The number of methoxy groups -OCH3 is 1. The molecule has 1 N–H and O–H groups in total. The number of carbonyl (C=O) groups is 1. The first-order valence-electron chi connectivity index (χ1n) is 9.08. The third-order valence-electron chi connectivity index (χ3n) is 3.63. The summed E-state index contributed by atoms with van der Waals surface area (Å²) in [5.74, 6) is 3.11. The fourth-order valence-corrected chi connectivity index (χ4v) is 3.12. The number of amides is 1. The van der Waals surface area contributed by atoms with E-state index in [0.29, 0.717) is 30.5 Å². The van der Waals surface area contributed by atoms with Crippen LogP contribution in [0.25, 0.3) is 0 Å². The van der Waals surface area contributed by atoms with Gasteiger partial charge in [-0.15, -0.1) is 11.8 Å². The van der Waals surface area contributed by atoms with E-state index in [0.717, 1.165) is 22.6 Å². The highest BCUT2D eigenvalue weighted by Crippen LogP contribution is 2.28. The van der Waals surface area contributed by atoms with Crippen molar-refractivity contribution in [3.05, 3.63) is 53.6 Å². The Bertz CT molecular complexity index is 778. The van der Waals surface area contributed by atoms with Gasteiger partial charge in [0.25, 0.3) is 0 Å². The Morgan fingerprint density at radius 2 is 1.79 bits per heavy atom. The maximum absolute atomic E-state index is 11.9. The highest BCUT2D eigenvalue weighted by molar-refractivity contribution is 7.99. The number of nitrogens with zero attached hydrogens (tertiary/aromatic N) is 1. The van der Waals surface area contributed by atoms with E-state index in [-0.39, 0.29) is 5.91 Å². The lowest BCUT2D eigenvalue weighted by Crippen LogP contribution is -2.19. The molecule has 0 aromatic heterocycles. The van der Waals surface area contributed by atoms with Crippen molar-refractivity contribution >= 4 is 23.9 Å². The maximum atomic E-state index is 11.9. The van der Waals surface area contributed by atoms with Gasteiger partial charge < -0.3 is 14.2 Å². The second-order valence-electron chi connectivity index (χ2n) is 5.71. The molecular weight excluding hydrogens is 376 g/mol. The van der Waals surface area contributed by atoms with E-state index in [9.17, 15) is 4.79 Å². The molecule has 0 saturated carbocycles. The molecular formula is C21H26N2O4S. The molecule has 2 rings (SSSR count). The smallest absolute Gasteiger partial charge is 0.250 e. The van der Waals surface area contributed by atoms with Crippen LogP contribution in [0.3, 0.4) is 0 Å². The number of rotatable bonds is 11. The van der Waals surface area contributed by atoms with E-state index < -0.39 is 0 Å². The average molecular weight is 403 g/mol. The first-order valence-corrected chi connectivity index (χ1v) is 10.2. The third kappa shape index (κ3) is 7.15. The summed E-state index contributed by atoms with van der Waals surface area (Å²) < 4.78 is 16.2. The van der Waals surface area contributed by atoms with Crippen molar-refractivity contribution in [1.29, 1.82) is 0 Å². The summed E-state index contributed by atoms with van der Waals surface area (Å²) in [6, 6.07) is 13.3. The number of ether oxygens (including phenoxy) is 3. The third-order valence-corrected chi connectivity index (χ3v) is 4.64.